The van der Waals surface area contributed by atoms with E-state index < -0.39 is 0 Å². The Labute approximate surface area is 156 Å². The standard InChI is InChI=1S/C17H17N7.BrH/c1-13-14(2)19-23(18-13)24-21-17(15-9-5-3-6-10-15)20-22(24)16-11-7-4-8-12-16;/h3-12H,1-2H3,(H,20,21);1H. The van der Waals surface area contributed by atoms with E-state index in [1.54, 1.807) is 10.3 Å². The topological polar surface area (TPSA) is 61.6 Å². The number of benzene rings is 2. The van der Waals surface area contributed by atoms with Crippen LogP contribution >= 0.6 is 17.0 Å². The number of aromatic nitrogens is 3. The van der Waals surface area contributed by atoms with Crippen LogP contribution in [0, 0.1) is 13.8 Å². The maximum Gasteiger partial charge on any atom is 0.177 e. The predicted molar refractivity (Wildman–Crippen MR) is 103 cm³/mol. The molecule has 0 aliphatic carbocycles. The van der Waals surface area contributed by atoms with Crippen LogP contribution in [0.15, 0.2) is 65.8 Å². The molecular weight excluding hydrogens is 382 g/mol. The number of para-hydroxylation sites is 1. The highest BCUT2D eigenvalue weighted by Crippen LogP contribution is 2.18. The molecule has 0 saturated heterocycles. The van der Waals surface area contributed by atoms with Crippen LogP contribution in [0.5, 0.6) is 0 Å². The number of hydrogen-bond acceptors (Lipinski definition) is 6. The molecule has 0 amide bonds. The Bertz CT molecular complexity index is 857. The van der Waals surface area contributed by atoms with Gasteiger partial charge in [0.2, 0.25) is 0 Å². The van der Waals surface area contributed by atoms with Crippen LogP contribution in [0.1, 0.15) is 17.0 Å². The third-order valence-corrected chi connectivity index (χ3v) is 3.79. The van der Waals surface area contributed by atoms with Gasteiger partial charge in [-0.05, 0) is 36.1 Å². The molecule has 0 radical (unpaired) electrons. The number of anilines is 1. The van der Waals surface area contributed by atoms with E-state index in [2.05, 4.69) is 20.7 Å². The molecule has 0 unspecified atom stereocenters. The molecule has 25 heavy (non-hydrogen) atoms. The van der Waals surface area contributed by atoms with E-state index in [-0.39, 0.29) is 17.0 Å². The number of nitrogens with zero attached hydrogens (tertiary/aromatic N) is 6. The van der Waals surface area contributed by atoms with Crippen LogP contribution in [-0.2, 0) is 0 Å². The summed E-state index contributed by atoms with van der Waals surface area (Å²) in [5, 5.41) is 16.9. The number of hydrazone groups is 1. The lowest BCUT2D eigenvalue weighted by Crippen LogP contribution is -2.50. The highest BCUT2D eigenvalue weighted by atomic mass is 79.9. The summed E-state index contributed by atoms with van der Waals surface area (Å²) in [6, 6.07) is 19.9. The van der Waals surface area contributed by atoms with Crippen molar-refractivity contribution < 1.29 is 0 Å². The summed E-state index contributed by atoms with van der Waals surface area (Å²) in [6.45, 7) is 3.86. The van der Waals surface area contributed by atoms with Gasteiger partial charge in [-0.1, -0.05) is 48.5 Å². The molecule has 3 aromatic rings. The van der Waals surface area contributed by atoms with Gasteiger partial charge in [-0.2, -0.15) is 5.12 Å². The molecule has 1 N–H and O–H groups in total. The van der Waals surface area contributed by atoms with Gasteiger partial charge >= 0.3 is 0 Å². The predicted octanol–water partition coefficient (Wildman–Crippen LogP) is 2.71. The van der Waals surface area contributed by atoms with Crippen LogP contribution < -0.4 is 15.8 Å². The van der Waals surface area contributed by atoms with Crippen LogP contribution in [0.25, 0.3) is 0 Å². The SMILES string of the molecule is Br.Cc1nn(N2N=C(c3ccccc3)NN2c2ccccc2)nc1C. The molecule has 1 aliphatic heterocycles. The number of hydrazine groups is 2. The Morgan fingerprint density at radius 2 is 1.36 bits per heavy atom. The highest BCUT2D eigenvalue weighted by molar-refractivity contribution is 8.93. The first-order valence-corrected chi connectivity index (χ1v) is 7.69. The average molecular weight is 400 g/mol. The molecule has 0 atom stereocenters. The second kappa shape index (κ2) is 6.94. The fourth-order valence-electron chi connectivity index (χ4n) is 2.39. The monoisotopic (exact) mass is 399 g/mol. The van der Waals surface area contributed by atoms with Gasteiger partial charge in [-0.15, -0.1) is 32.3 Å². The zero-order valence-electron chi connectivity index (χ0n) is 13.9. The van der Waals surface area contributed by atoms with Crippen molar-refractivity contribution in [3.63, 3.8) is 0 Å². The normalized spacial score (nSPS) is 13.3. The van der Waals surface area contributed by atoms with Crippen molar-refractivity contribution in [2.24, 2.45) is 5.10 Å². The van der Waals surface area contributed by atoms with Gasteiger partial charge in [0, 0.05) is 5.56 Å². The fraction of sp³-hybridized carbons (Fsp3) is 0.118. The first-order chi connectivity index (χ1) is 11.7. The minimum atomic E-state index is 0. The third-order valence-electron chi connectivity index (χ3n) is 3.79. The quantitative estimate of drug-likeness (QED) is 0.733. The molecule has 0 fully saturated rings. The van der Waals surface area contributed by atoms with E-state index >= 15 is 0 Å². The molecule has 7 nitrogen and oxygen atoms in total. The Kier molecular flexibility index (Phi) is 4.71. The van der Waals surface area contributed by atoms with Gasteiger partial charge in [-0.25, -0.2) is 0 Å². The molecule has 1 aliphatic rings. The molecule has 0 spiro atoms. The molecule has 8 heteroatoms. The lowest BCUT2D eigenvalue weighted by molar-refractivity contribution is 0.467. The minimum Gasteiger partial charge on any atom is -0.257 e. The summed E-state index contributed by atoms with van der Waals surface area (Å²) >= 11 is 0. The molecule has 2 heterocycles. The fourth-order valence-corrected chi connectivity index (χ4v) is 2.39. The first kappa shape index (κ1) is 17.0. The van der Waals surface area contributed by atoms with Gasteiger partial charge in [0.1, 0.15) is 0 Å². The van der Waals surface area contributed by atoms with E-state index in [0.29, 0.717) is 0 Å². The Morgan fingerprint density at radius 3 is 1.96 bits per heavy atom. The Balaban J connectivity index is 0.00000182. The van der Waals surface area contributed by atoms with E-state index in [1.807, 2.05) is 74.5 Å². The third kappa shape index (κ3) is 3.20. The van der Waals surface area contributed by atoms with Crippen molar-refractivity contribution >= 4 is 28.5 Å². The van der Waals surface area contributed by atoms with Crippen molar-refractivity contribution in [3.8, 4) is 0 Å². The number of nitrogens with one attached hydrogen (secondary N) is 1. The molecule has 0 bridgehead atoms. The molecular formula is C17H18BrN7. The van der Waals surface area contributed by atoms with Crippen LogP contribution in [0.2, 0.25) is 0 Å². The molecule has 2 aromatic carbocycles. The van der Waals surface area contributed by atoms with Crippen LogP contribution in [0.4, 0.5) is 5.69 Å². The lowest BCUT2D eigenvalue weighted by Gasteiger charge is -2.25. The zero-order valence-corrected chi connectivity index (χ0v) is 15.6. The number of halogens is 1. The molecule has 128 valence electrons. The largest absolute Gasteiger partial charge is 0.257 e. The van der Waals surface area contributed by atoms with Crippen molar-refractivity contribution in [3.05, 3.63) is 77.6 Å². The van der Waals surface area contributed by atoms with Crippen molar-refractivity contribution in [2.45, 2.75) is 13.8 Å². The lowest BCUT2D eigenvalue weighted by atomic mass is 10.2. The van der Waals surface area contributed by atoms with E-state index in [1.165, 1.54) is 4.91 Å². The second-order valence-electron chi connectivity index (χ2n) is 5.48. The first-order valence-electron chi connectivity index (χ1n) is 7.69. The maximum absolute atomic E-state index is 4.64. The second-order valence-corrected chi connectivity index (χ2v) is 5.48. The van der Waals surface area contributed by atoms with Crippen molar-refractivity contribution in [2.75, 3.05) is 10.3 Å². The van der Waals surface area contributed by atoms with Crippen molar-refractivity contribution in [1.82, 2.24) is 20.5 Å². The van der Waals surface area contributed by atoms with E-state index in [0.717, 1.165) is 28.5 Å². The molecule has 0 saturated carbocycles. The number of aryl methyl sites for hydroxylation is 2. The highest BCUT2D eigenvalue weighted by Gasteiger charge is 2.28. The summed E-state index contributed by atoms with van der Waals surface area (Å²) in [6.07, 6.45) is 0. The average Bonchev–Trinajstić information content (AvgIpc) is 3.21. The minimum absolute atomic E-state index is 0. The molecule has 1 aromatic heterocycles. The van der Waals surface area contributed by atoms with Crippen LogP contribution in [-0.4, -0.2) is 20.9 Å². The summed E-state index contributed by atoms with van der Waals surface area (Å²) in [5.41, 5.74) is 6.96. The summed E-state index contributed by atoms with van der Waals surface area (Å²) < 4.78 is 0. The van der Waals surface area contributed by atoms with Gasteiger partial charge in [0.05, 0.1) is 17.1 Å². The van der Waals surface area contributed by atoms with E-state index in [9.17, 15) is 0 Å². The zero-order chi connectivity index (χ0) is 16.5. The number of rotatable bonds is 3. The maximum atomic E-state index is 4.64. The molecule has 4 rings (SSSR count). The van der Waals surface area contributed by atoms with Gasteiger partial charge in [0.15, 0.2) is 5.84 Å². The summed E-state index contributed by atoms with van der Waals surface area (Å²) in [7, 11) is 0. The Morgan fingerprint density at radius 1 is 0.800 bits per heavy atom. The summed E-state index contributed by atoms with van der Waals surface area (Å²) in [4.78, 5) is 1.49. The van der Waals surface area contributed by atoms with Gasteiger partial charge in [-0.3, -0.25) is 5.43 Å². The van der Waals surface area contributed by atoms with E-state index in [4.69, 9.17) is 0 Å². The number of hydrogen-bond donors (Lipinski definition) is 1. The number of amidine groups is 1. The Hall–Kier alpha value is -2.87. The van der Waals surface area contributed by atoms with Gasteiger partial charge < -0.3 is 0 Å². The van der Waals surface area contributed by atoms with Gasteiger partial charge in [0.25, 0.3) is 0 Å². The van der Waals surface area contributed by atoms with Crippen molar-refractivity contribution in [1.29, 1.82) is 0 Å². The smallest absolute Gasteiger partial charge is 0.177 e. The van der Waals surface area contributed by atoms with Crippen LogP contribution in [0.3, 0.4) is 0 Å². The summed E-state index contributed by atoms with van der Waals surface area (Å²) in [5.74, 6) is 0.729.